The molecule has 1 aromatic rings. The minimum absolute atomic E-state index is 0.103. The third-order valence-electron chi connectivity index (χ3n) is 3.98. The van der Waals surface area contributed by atoms with Gasteiger partial charge in [0.15, 0.2) is 0 Å². The van der Waals surface area contributed by atoms with Crippen molar-refractivity contribution in [3.8, 4) is 0 Å². The molecule has 20 heavy (non-hydrogen) atoms. The Bertz CT molecular complexity index is 611. The SMILES string of the molecule is O=C(O)[C@@H]1CC[C@H]2C=Cc3cc(F)ccc3C(=O)N2C1. The molecule has 1 N–H and O–H groups in total. The highest BCUT2D eigenvalue weighted by Crippen LogP contribution is 2.29. The molecule has 1 fully saturated rings. The van der Waals surface area contributed by atoms with Gasteiger partial charge in [-0.25, -0.2) is 4.39 Å². The summed E-state index contributed by atoms with van der Waals surface area (Å²) in [7, 11) is 0. The number of carbonyl (C=O) groups excluding carboxylic acids is 1. The van der Waals surface area contributed by atoms with Crippen LogP contribution in [-0.2, 0) is 4.79 Å². The van der Waals surface area contributed by atoms with Crippen LogP contribution in [-0.4, -0.2) is 34.5 Å². The normalized spacial score (nSPS) is 24.9. The Hall–Kier alpha value is -2.17. The first-order chi connectivity index (χ1) is 9.56. The first kappa shape index (κ1) is 12.8. The fraction of sp³-hybridized carbons (Fsp3) is 0.333. The third kappa shape index (κ3) is 2.09. The van der Waals surface area contributed by atoms with Crippen LogP contribution in [0.25, 0.3) is 6.08 Å². The maximum atomic E-state index is 13.3. The summed E-state index contributed by atoms with van der Waals surface area (Å²) in [5, 5.41) is 9.11. The molecule has 2 aliphatic rings. The van der Waals surface area contributed by atoms with E-state index in [1.165, 1.54) is 18.2 Å². The van der Waals surface area contributed by atoms with Crippen LogP contribution < -0.4 is 0 Å². The number of nitrogens with zero attached hydrogens (tertiary/aromatic N) is 1. The van der Waals surface area contributed by atoms with Gasteiger partial charge >= 0.3 is 5.97 Å². The van der Waals surface area contributed by atoms with Gasteiger partial charge in [0.1, 0.15) is 5.82 Å². The van der Waals surface area contributed by atoms with Crippen LogP contribution in [0, 0.1) is 11.7 Å². The minimum atomic E-state index is -0.871. The van der Waals surface area contributed by atoms with E-state index in [-0.39, 0.29) is 24.3 Å². The number of piperidine rings is 1. The summed E-state index contributed by atoms with van der Waals surface area (Å²) in [6, 6.07) is 3.94. The predicted molar refractivity (Wildman–Crippen MR) is 70.6 cm³/mol. The van der Waals surface area contributed by atoms with Crippen molar-refractivity contribution in [2.24, 2.45) is 5.92 Å². The summed E-state index contributed by atoms with van der Waals surface area (Å²) in [6.45, 7) is 0.208. The van der Waals surface area contributed by atoms with E-state index in [2.05, 4.69) is 0 Å². The van der Waals surface area contributed by atoms with E-state index in [0.717, 1.165) is 0 Å². The van der Waals surface area contributed by atoms with Crippen molar-refractivity contribution in [1.82, 2.24) is 4.90 Å². The third-order valence-corrected chi connectivity index (χ3v) is 3.98. The standard InChI is InChI=1S/C15H14FNO3/c16-11-3-6-13-9(7-11)1-4-12-5-2-10(15(19)20)8-17(12)14(13)18/h1,3-4,6-7,10,12H,2,5,8H2,(H,19,20)/t10-,12-/m1/s1. The Morgan fingerprint density at radius 1 is 1.35 bits per heavy atom. The zero-order valence-corrected chi connectivity index (χ0v) is 10.8. The average molecular weight is 275 g/mol. The molecule has 2 aliphatic heterocycles. The van der Waals surface area contributed by atoms with Gasteiger partial charge in [-0.3, -0.25) is 9.59 Å². The first-order valence-electron chi connectivity index (χ1n) is 6.58. The highest BCUT2D eigenvalue weighted by molar-refractivity contribution is 5.99. The van der Waals surface area contributed by atoms with Crippen molar-refractivity contribution >= 4 is 18.0 Å². The van der Waals surface area contributed by atoms with Gasteiger partial charge in [-0.15, -0.1) is 0 Å². The molecule has 0 aromatic heterocycles. The molecule has 0 radical (unpaired) electrons. The summed E-state index contributed by atoms with van der Waals surface area (Å²) >= 11 is 0. The van der Waals surface area contributed by atoms with Crippen molar-refractivity contribution in [3.05, 3.63) is 41.2 Å². The van der Waals surface area contributed by atoms with E-state index >= 15 is 0 Å². The predicted octanol–water partition coefficient (Wildman–Crippen LogP) is 2.16. The van der Waals surface area contributed by atoms with Gasteiger partial charge in [-0.2, -0.15) is 0 Å². The number of benzene rings is 1. The van der Waals surface area contributed by atoms with Crippen LogP contribution in [0.1, 0.15) is 28.8 Å². The van der Waals surface area contributed by atoms with Crippen LogP contribution in [0.15, 0.2) is 24.3 Å². The molecule has 1 amide bonds. The molecule has 5 heteroatoms. The molecule has 0 unspecified atom stereocenters. The van der Waals surface area contributed by atoms with Gasteiger partial charge in [0.2, 0.25) is 0 Å². The molecule has 0 spiro atoms. The Labute approximate surface area is 115 Å². The average Bonchev–Trinajstić information content (AvgIpc) is 2.56. The molecule has 1 aromatic carbocycles. The minimum Gasteiger partial charge on any atom is -0.481 e. The number of fused-ring (bicyclic) bond motifs is 2. The van der Waals surface area contributed by atoms with E-state index in [1.807, 2.05) is 6.08 Å². The number of hydrogen-bond donors (Lipinski definition) is 1. The zero-order chi connectivity index (χ0) is 14.3. The maximum absolute atomic E-state index is 13.3. The van der Waals surface area contributed by atoms with Crippen LogP contribution in [0.5, 0.6) is 0 Å². The zero-order valence-electron chi connectivity index (χ0n) is 10.8. The summed E-state index contributed by atoms with van der Waals surface area (Å²) in [4.78, 5) is 25.2. The largest absolute Gasteiger partial charge is 0.481 e. The van der Waals surface area contributed by atoms with E-state index in [4.69, 9.17) is 5.11 Å². The topological polar surface area (TPSA) is 57.6 Å². The molecule has 104 valence electrons. The van der Waals surface area contributed by atoms with Crippen LogP contribution in [0.3, 0.4) is 0 Å². The number of carbonyl (C=O) groups is 2. The number of rotatable bonds is 1. The lowest BCUT2D eigenvalue weighted by Crippen LogP contribution is -2.47. The van der Waals surface area contributed by atoms with Gasteiger partial charge in [0, 0.05) is 12.1 Å². The lowest BCUT2D eigenvalue weighted by Gasteiger charge is -2.36. The molecule has 4 nitrogen and oxygen atoms in total. The summed E-state index contributed by atoms with van der Waals surface area (Å²) in [5.41, 5.74) is 0.979. The number of carboxylic acids is 1. The second-order valence-electron chi connectivity index (χ2n) is 5.23. The van der Waals surface area contributed by atoms with Crippen molar-refractivity contribution in [2.45, 2.75) is 18.9 Å². The van der Waals surface area contributed by atoms with Crippen LogP contribution in [0.4, 0.5) is 4.39 Å². The van der Waals surface area contributed by atoms with Crippen molar-refractivity contribution in [3.63, 3.8) is 0 Å². The fourth-order valence-corrected chi connectivity index (χ4v) is 2.86. The summed E-state index contributed by atoms with van der Waals surface area (Å²) in [6.07, 6.45) is 4.79. The van der Waals surface area contributed by atoms with Crippen molar-refractivity contribution in [1.29, 1.82) is 0 Å². The second-order valence-corrected chi connectivity index (χ2v) is 5.23. The molecular weight excluding hydrogens is 261 g/mol. The second kappa shape index (κ2) is 4.74. The molecule has 0 bridgehead atoms. The van der Waals surface area contributed by atoms with E-state index in [9.17, 15) is 14.0 Å². The smallest absolute Gasteiger partial charge is 0.308 e. The molecular formula is C15H14FNO3. The number of hydrogen-bond acceptors (Lipinski definition) is 2. The number of halogens is 1. The Balaban J connectivity index is 1.98. The highest BCUT2D eigenvalue weighted by atomic mass is 19.1. The number of carboxylic acid groups (broad SMARTS) is 1. The molecule has 0 aliphatic carbocycles. The summed E-state index contributed by atoms with van der Waals surface area (Å²) < 4.78 is 13.3. The van der Waals surface area contributed by atoms with E-state index < -0.39 is 11.9 Å². The van der Waals surface area contributed by atoms with Crippen LogP contribution in [0.2, 0.25) is 0 Å². The molecule has 0 saturated carbocycles. The van der Waals surface area contributed by atoms with Gasteiger partial charge < -0.3 is 10.0 Å². The molecule has 2 atom stereocenters. The lowest BCUT2D eigenvalue weighted by molar-refractivity contribution is -0.143. The quantitative estimate of drug-likeness (QED) is 0.854. The van der Waals surface area contributed by atoms with E-state index in [1.54, 1.807) is 11.0 Å². The number of aliphatic carboxylic acids is 1. The lowest BCUT2D eigenvalue weighted by atomic mass is 9.92. The van der Waals surface area contributed by atoms with E-state index in [0.29, 0.717) is 24.0 Å². The van der Waals surface area contributed by atoms with Crippen LogP contribution >= 0.6 is 0 Å². The van der Waals surface area contributed by atoms with Crippen molar-refractivity contribution < 1.29 is 19.1 Å². The van der Waals surface area contributed by atoms with Gasteiger partial charge in [0.05, 0.1) is 12.0 Å². The fourth-order valence-electron chi connectivity index (χ4n) is 2.86. The Morgan fingerprint density at radius 3 is 2.90 bits per heavy atom. The van der Waals surface area contributed by atoms with Gasteiger partial charge in [0.25, 0.3) is 5.91 Å². The Kier molecular flexibility index (Phi) is 3.04. The molecule has 3 rings (SSSR count). The Morgan fingerprint density at radius 2 is 2.15 bits per heavy atom. The summed E-state index contributed by atoms with van der Waals surface area (Å²) in [5.74, 6) is -2.00. The monoisotopic (exact) mass is 275 g/mol. The highest BCUT2D eigenvalue weighted by Gasteiger charge is 2.35. The molecule has 1 saturated heterocycles. The maximum Gasteiger partial charge on any atom is 0.308 e. The van der Waals surface area contributed by atoms with Gasteiger partial charge in [-0.05, 0) is 36.6 Å². The molecule has 2 heterocycles. The van der Waals surface area contributed by atoms with Crippen molar-refractivity contribution in [2.75, 3.05) is 6.54 Å². The number of amides is 1. The first-order valence-corrected chi connectivity index (χ1v) is 6.58. The van der Waals surface area contributed by atoms with Gasteiger partial charge in [-0.1, -0.05) is 12.2 Å².